The third-order valence-corrected chi connectivity index (χ3v) is 4.60. The van der Waals surface area contributed by atoms with E-state index in [0.29, 0.717) is 0 Å². The maximum Gasteiger partial charge on any atom is -0.00258 e. The number of nitrogens with one attached hydrogen (secondary N) is 1. The Bertz CT molecular complexity index is 180. The van der Waals surface area contributed by atoms with Crippen LogP contribution in [0.3, 0.4) is 0 Å². The van der Waals surface area contributed by atoms with Crippen molar-refractivity contribution in [2.24, 2.45) is 23.7 Å². The monoisotopic (exact) mass is 239 g/mol. The minimum atomic E-state index is 0.783. The van der Waals surface area contributed by atoms with Crippen molar-refractivity contribution in [3.63, 3.8) is 0 Å². The molecule has 102 valence electrons. The predicted octanol–water partition coefficient (Wildman–Crippen LogP) is 4.47. The molecule has 0 heterocycles. The second-order valence-corrected chi connectivity index (χ2v) is 6.55. The molecule has 0 aliphatic heterocycles. The Morgan fingerprint density at radius 3 is 2.24 bits per heavy atom. The van der Waals surface area contributed by atoms with Crippen LogP contribution in [0.5, 0.6) is 0 Å². The van der Waals surface area contributed by atoms with Gasteiger partial charge < -0.3 is 5.32 Å². The minimum Gasteiger partial charge on any atom is -0.316 e. The molecule has 1 atom stereocenters. The van der Waals surface area contributed by atoms with Gasteiger partial charge in [0.05, 0.1) is 0 Å². The number of rotatable bonds is 7. The normalized spacial score (nSPS) is 27.4. The first-order valence-corrected chi connectivity index (χ1v) is 7.84. The van der Waals surface area contributed by atoms with E-state index in [0.717, 1.165) is 23.7 Å². The molecule has 0 bridgehead atoms. The Kier molecular flexibility index (Phi) is 7.18. The predicted molar refractivity (Wildman–Crippen MR) is 77.2 cm³/mol. The zero-order valence-corrected chi connectivity index (χ0v) is 12.5. The molecule has 0 saturated heterocycles. The van der Waals surface area contributed by atoms with Crippen LogP contribution in [0.2, 0.25) is 0 Å². The van der Waals surface area contributed by atoms with Crippen molar-refractivity contribution in [1.29, 1.82) is 0 Å². The summed E-state index contributed by atoms with van der Waals surface area (Å²) < 4.78 is 0. The molecule has 0 aromatic heterocycles. The van der Waals surface area contributed by atoms with E-state index < -0.39 is 0 Å². The van der Waals surface area contributed by atoms with Gasteiger partial charge in [0.25, 0.3) is 0 Å². The Labute approximate surface area is 109 Å². The van der Waals surface area contributed by atoms with Crippen LogP contribution in [-0.4, -0.2) is 13.1 Å². The minimum absolute atomic E-state index is 0.783. The second-order valence-electron chi connectivity index (χ2n) is 6.55. The fourth-order valence-electron chi connectivity index (χ4n) is 3.12. The van der Waals surface area contributed by atoms with E-state index in [4.69, 9.17) is 0 Å². The van der Waals surface area contributed by atoms with E-state index in [2.05, 4.69) is 33.0 Å². The molecule has 0 aromatic rings. The van der Waals surface area contributed by atoms with Gasteiger partial charge in [0, 0.05) is 0 Å². The van der Waals surface area contributed by atoms with E-state index in [9.17, 15) is 0 Å². The quantitative estimate of drug-likeness (QED) is 0.646. The summed E-state index contributed by atoms with van der Waals surface area (Å²) in [5.74, 6) is 3.76. The van der Waals surface area contributed by atoms with Gasteiger partial charge >= 0.3 is 0 Å². The molecule has 0 amide bonds. The third-order valence-electron chi connectivity index (χ3n) is 4.60. The largest absolute Gasteiger partial charge is 0.316 e. The van der Waals surface area contributed by atoms with E-state index in [1.54, 1.807) is 0 Å². The highest BCUT2D eigenvalue weighted by Gasteiger charge is 2.23. The van der Waals surface area contributed by atoms with Gasteiger partial charge in [0.1, 0.15) is 0 Å². The molecule has 1 nitrogen and oxygen atoms in total. The van der Waals surface area contributed by atoms with Crippen LogP contribution in [0.25, 0.3) is 0 Å². The summed E-state index contributed by atoms with van der Waals surface area (Å²) in [5, 5.41) is 3.57. The molecule has 17 heavy (non-hydrogen) atoms. The fraction of sp³-hybridized carbons (Fsp3) is 1.00. The third kappa shape index (κ3) is 5.90. The lowest BCUT2D eigenvalue weighted by molar-refractivity contribution is 0.203. The summed E-state index contributed by atoms with van der Waals surface area (Å²) in [5.41, 5.74) is 0. The van der Waals surface area contributed by atoms with E-state index in [1.165, 1.54) is 51.6 Å². The molecule has 1 N–H and O–H groups in total. The Morgan fingerprint density at radius 2 is 1.71 bits per heavy atom. The van der Waals surface area contributed by atoms with Crippen molar-refractivity contribution < 1.29 is 0 Å². The van der Waals surface area contributed by atoms with Crippen molar-refractivity contribution in [2.75, 3.05) is 13.1 Å². The Hall–Kier alpha value is -0.0400. The summed E-state index contributed by atoms with van der Waals surface area (Å²) >= 11 is 0. The van der Waals surface area contributed by atoms with E-state index in [1.807, 2.05) is 0 Å². The summed E-state index contributed by atoms with van der Waals surface area (Å²) in [6.07, 6.45) is 8.73. The fourth-order valence-corrected chi connectivity index (χ4v) is 3.12. The molecule has 1 saturated carbocycles. The molecule has 0 radical (unpaired) electrons. The molecule has 1 fully saturated rings. The van der Waals surface area contributed by atoms with E-state index in [-0.39, 0.29) is 0 Å². The van der Waals surface area contributed by atoms with Gasteiger partial charge in [-0.2, -0.15) is 0 Å². The summed E-state index contributed by atoms with van der Waals surface area (Å²) in [7, 11) is 0. The van der Waals surface area contributed by atoms with Crippen LogP contribution in [0.15, 0.2) is 0 Å². The van der Waals surface area contributed by atoms with Gasteiger partial charge in [-0.25, -0.2) is 0 Å². The van der Waals surface area contributed by atoms with Crippen molar-refractivity contribution in [3.05, 3.63) is 0 Å². The van der Waals surface area contributed by atoms with Gasteiger partial charge in [-0.05, 0) is 56.0 Å². The summed E-state index contributed by atoms with van der Waals surface area (Å²) in [6.45, 7) is 11.8. The van der Waals surface area contributed by atoms with Crippen LogP contribution < -0.4 is 5.32 Å². The molecule has 0 aromatic carbocycles. The second kappa shape index (κ2) is 8.13. The number of hydrogen-bond donors (Lipinski definition) is 1. The van der Waals surface area contributed by atoms with Crippen LogP contribution in [-0.2, 0) is 0 Å². The average molecular weight is 239 g/mol. The highest BCUT2D eigenvalue weighted by Crippen LogP contribution is 2.35. The SMILES string of the molecule is CCC1CCC(C(C)CCNCC(C)C)CC1. The lowest BCUT2D eigenvalue weighted by Crippen LogP contribution is -2.26. The van der Waals surface area contributed by atoms with Gasteiger partial charge in [0.2, 0.25) is 0 Å². The molecule has 1 aliphatic rings. The van der Waals surface area contributed by atoms with Crippen molar-refractivity contribution in [3.8, 4) is 0 Å². The average Bonchev–Trinajstić information content (AvgIpc) is 2.34. The Balaban J connectivity index is 2.09. The summed E-state index contributed by atoms with van der Waals surface area (Å²) in [6, 6.07) is 0. The van der Waals surface area contributed by atoms with Crippen LogP contribution in [0.1, 0.15) is 66.2 Å². The summed E-state index contributed by atoms with van der Waals surface area (Å²) in [4.78, 5) is 0. The van der Waals surface area contributed by atoms with Gasteiger partial charge in [0.15, 0.2) is 0 Å². The standard InChI is InChI=1S/C16H33N/c1-5-15-6-8-16(9-7-15)14(4)10-11-17-12-13(2)3/h13-17H,5-12H2,1-4H3. The van der Waals surface area contributed by atoms with Gasteiger partial charge in [-0.1, -0.05) is 47.0 Å². The molecule has 1 unspecified atom stereocenters. The first-order chi connectivity index (χ1) is 8.13. The highest BCUT2D eigenvalue weighted by molar-refractivity contribution is 4.76. The Morgan fingerprint density at radius 1 is 1.06 bits per heavy atom. The first-order valence-electron chi connectivity index (χ1n) is 7.84. The van der Waals surface area contributed by atoms with Crippen LogP contribution in [0.4, 0.5) is 0 Å². The maximum absolute atomic E-state index is 3.57. The van der Waals surface area contributed by atoms with Crippen molar-refractivity contribution in [2.45, 2.75) is 66.2 Å². The van der Waals surface area contributed by atoms with Crippen LogP contribution >= 0.6 is 0 Å². The molecule has 1 aliphatic carbocycles. The smallest absolute Gasteiger partial charge is 0.00258 e. The maximum atomic E-state index is 3.57. The highest BCUT2D eigenvalue weighted by atomic mass is 14.8. The molecular weight excluding hydrogens is 206 g/mol. The molecule has 1 heteroatoms. The zero-order valence-electron chi connectivity index (χ0n) is 12.5. The van der Waals surface area contributed by atoms with Gasteiger partial charge in [-0.15, -0.1) is 0 Å². The lowest BCUT2D eigenvalue weighted by Gasteiger charge is -2.32. The van der Waals surface area contributed by atoms with Crippen molar-refractivity contribution in [1.82, 2.24) is 5.32 Å². The number of hydrogen-bond acceptors (Lipinski definition) is 1. The lowest BCUT2D eigenvalue weighted by atomic mass is 9.75. The first kappa shape index (κ1) is 15.0. The molecule has 0 spiro atoms. The molecule has 1 rings (SSSR count). The van der Waals surface area contributed by atoms with Crippen LogP contribution in [0, 0.1) is 23.7 Å². The zero-order chi connectivity index (χ0) is 12.7. The van der Waals surface area contributed by atoms with E-state index >= 15 is 0 Å². The topological polar surface area (TPSA) is 12.0 Å². The van der Waals surface area contributed by atoms with Crippen molar-refractivity contribution >= 4 is 0 Å². The van der Waals surface area contributed by atoms with Gasteiger partial charge in [-0.3, -0.25) is 0 Å². The molecular formula is C16H33N.